The summed E-state index contributed by atoms with van der Waals surface area (Å²) < 4.78 is 23.6. The summed E-state index contributed by atoms with van der Waals surface area (Å²) in [6, 6.07) is 0.150. The first-order valence-corrected chi connectivity index (χ1v) is 5.57. The van der Waals surface area contributed by atoms with Crippen molar-refractivity contribution in [3.8, 4) is 0 Å². The van der Waals surface area contributed by atoms with E-state index in [1.807, 2.05) is 6.92 Å². The van der Waals surface area contributed by atoms with Gasteiger partial charge in [-0.25, -0.2) is 8.42 Å². The summed E-state index contributed by atoms with van der Waals surface area (Å²) in [4.78, 5) is 0. The van der Waals surface area contributed by atoms with Gasteiger partial charge in [-0.15, -0.1) is 0 Å². The van der Waals surface area contributed by atoms with Crippen molar-refractivity contribution in [3.05, 3.63) is 0 Å². The quantitative estimate of drug-likeness (QED) is 0.590. The second-order valence-electron chi connectivity index (χ2n) is 3.97. The average Bonchev–Trinajstić information content (AvgIpc) is 1.80. The van der Waals surface area contributed by atoms with Crippen molar-refractivity contribution in [2.24, 2.45) is 5.41 Å². The highest BCUT2D eigenvalue weighted by molar-refractivity contribution is 7.88. The summed E-state index contributed by atoms with van der Waals surface area (Å²) in [6.07, 6.45) is 1.26. The van der Waals surface area contributed by atoms with Crippen molar-refractivity contribution < 1.29 is 8.42 Å². The Bertz CT molecular complexity index is 256. The molecular formula is C7H15NO2S. The third-order valence-electron chi connectivity index (χ3n) is 2.55. The maximum absolute atomic E-state index is 11.0. The molecule has 0 N–H and O–H groups in total. The molecule has 3 nitrogen and oxygen atoms in total. The van der Waals surface area contributed by atoms with Crippen molar-refractivity contribution in [1.29, 1.82) is 0 Å². The first-order chi connectivity index (χ1) is 4.75. The first kappa shape index (κ1) is 9.00. The first-order valence-electron chi connectivity index (χ1n) is 3.72. The van der Waals surface area contributed by atoms with Crippen LogP contribution in [0.15, 0.2) is 0 Å². The number of hydrogen-bond acceptors (Lipinski definition) is 2. The molecule has 1 heterocycles. The molecule has 0 radical (unpaired) electrons. The van der Waals surface area contributed by atoms with Crippen LogP contribution < -0.4 is 0 Å². The fraction of sp³-hybridized carbons (Fsp3) is 1.00. The number of nitrogens with zero attached hydrogens (tertiary/aromatic N) is 1. The molecule has 1 atom stereocenters. The van der Waals surface area contributed by atoms with Crippen LogP contribution in [-0.2, 0) is 10.0 Å². The summed E-state index contributed by atoms with van der Waals surface area (Å²) in [5.41, 5.74) is 0.156. The molecule has 0 spiro atoms. The van der Waals surface area contributed by atoms with Crippen LogP contribution in [-0.4, -0.2) is 31.6 Å². The lowest BCUT2D eigenvalue weighted by Gasteiger charge is -2.51. The van der Waals surface area contributed by atoms with Crippen molar-refractivity contribution in [2.45, 2.75) is 26.8 Å². The Morgan fingerprint density at radius 1 is 1.45 bits per heavy atom. The molecule has 0 unspecified atom stereocenters. The maximum atomic E-state index is 11.0. The largest absolute Gasteiger partial charge is 0.212 e. The summed E-state index contributed by atoms with van der Waals surface area (Å²) in [5.74, 6) is 0. The molecule has 1 rings (SSSR count). The summed E-state index contributed by atoms with van der Waals surface area (Å²) >= 11 is 0. The zero-order chi connectivity index (χ0) is 8.86. The Morgan fingerprint density at radius 3 is 2.00 bits per heavy atom. The van der Waals surface area contributed by atoms with E-state index in [0.717, 1.165) is 0 Å². The van der Waals surface area contributed by atoms with Crippen LogP contribution in [0, 0.1) is 5.41 Å². The molecule has 1 aliphatic heterocycles. The minimum atomic E-state index is -2.95. The summed E-state index contributed by atoms with van der Waals surface area (Å²) in [7, 11) is -2.95. The van der Waals surface area contributed by atoms with Gasteiger partial charge in [-0.2, -0.15) is 4.31 Å². The zero-order valence-electron chi connectivity index (χ0n) is 7.46. The molecule has 66 valence electrons. The third-order valence-corrected chi connectivity index (χ3v) is 3.85. The number of hydrogen-bond donors (Lipinski definition) is 0. The predicted octanol–water partition coefficient (Wildman–Crippen LogP) is 0.676. The molecule has 4 heteroatoms. The fourth-order valence-corrected chi connectivity index (χ4v) is 2.78. The van der Waals surface area contributed by atoms with Crippen LogP contribution in [0.25, 0.3) is 0 Å². The fourth-order valence-electron chi connectivity index (χ4n) is 1.35. The van der Waals surface area contributed by atoms with E-state index in [0.29, 0.717) is 6.54 Å². The van der Waals surface area contributed by atoms with Crippen LogP contribution >= 0.6 is 0 Å². The van der Waals surface area contributed by atoms with Gasteiger partial charge in [0.15, 0.2) is 0 Å². The topological polar surface area (TPSA) is 37.4 Å². The van der Waals surface area contributed by atoms with Gasteiger partial charge >= 0.3 is 0 Å². The van der Waals surface area contributed by atoms with Crippen LogP contribution in [0.1, 0.15) is 20.8 Å². The highest BCUT2D eigenvalue weighted by Crippen LogP contribution is 2.37. The number of sulfonamides is 1. The van der Waals surface area contributed by atoms with Gasteiger partial charge in [0.05, 0.1) is 6.26 Å². The van der Waals surface area contributed by atoms with Gasteiger partial charge in [-0.1, -0.05) is 13.8 Å². The minimum Gasteiger partial charge on any atom is -0.212 e. The van der Waals surface area contributed by atoms with E-state index in [9.17, 15) is 8.42 Å². The van der Waals surface area contributed by atoms with Gasteiger partial charge in [0, 0.05) is 12.6 Å². The Morgan fingerprint density at radius 2 is 1.91 bits per heavy atom. The second-order valence-corrected chi connectivity index (χ2v) is 5.91. The van der Waals surface area contributed by atoms with Crippen molar-refractivity contribution in [2.75, 3.05) is 12.8 Å². The van der Waals surface area contributed by atoms with E-state index >= 15 is 0 Å². The van der Waals surface area contributed by atoms with E-state index in [4.69, 9.17) is 0 Å². The zero-order valence-corrected chi connectivity index (χ0v) is 8.27. The molecule has 1 saturated heterocycles. The normalized spacial score (nSPS) is 31.5. The highest BCUT2D eigenvalue weighted by atomic mass is 32.2. The monoisotopic (exact) mass is 177 g/mol. The van der Waals surface area contributed by atoms with E-state index in [1.165, 1.54) is 10.6 Å². The van der Waals surface area contributed by atoms with E-state index in [2.05, 4.69) is 13.8 Å². The number of rotatable bonds is 1. The molecule has 1 aliphatic rings. The Kier molecular flexibility index (Phi) is 1.80. The smallest absolute Gasteiger partial charge is 0.211 e. The van der Waals surface area contributed by atoms with Gasteiger partial charge in [0.25, 0.3) is 0 Å². The highest BCUT2D eigenvalue weighted by Gasteiger charge is 2.46. The average molecular weight is 177 g/mol. The van der Waals surface area contributed by atoms with E-state index in [1.54, 1.807) is 0 Å². The minimum absolute atomic E-state index is 0.150. The molecule has 0 aromatic heterocycles. The van der Waals surface area contributed by atoms with Gasteiger partial charge in [-0.05, 0) is 12.3 Å². The molecule has 0 amide bonds. The molecule has 11 heavy (non-hydrogen) atoms. The van der Waals surface area contributed by atoms with Crippen molar-refractivity contribution in [1.82, 2.24) is 4.31 Å². The molecule has 1 fully saturated rings. The van der Waals surface area contributed by atoms with Crippen molar-refractivity contribution in [3.63, 3.8) is 0 Å². The van der Waals surface area contributed by atoms with E-state index in [-0.39, 0.29) is 11.5 Å². The Balaban J connectivity index is 2.74. The molecular weight excluding hydrogens is 162 g/mol. The molecule has 0 aromatic carbocycles. The lowest BCUT2D eigenvalue weighted by molar-refractivity contribution is 0.0352. The standard InChI is InChI=1S/C7H15NO2S/c1-6-7(2,3)5-8(6)11(4,9)10/h6H,5H2,1-4H3/t6-/m0/s1. The van der Waals surface area contributed by atoms with Crippen LogP contribution in [0.2, 0.25) is 0 Å². The maximum Gasteiger partial charge on any atom is 0.211 e. The SMILES string of the molecule is C[C@@H]1N(S(C)(=O)=O)CC1(C)C. The van der Waals surface area contributed by atoms with E-state index < -0.39 is 10.0 Å². The lowest BCUT2D eigenvalue weighted by Crippen LogP contribution is -2.61. The predicted molar refractivity (Wildman–Crippen MR) is 44.8 cm³/mol. The molecule has 0 aromatic rings. The van der Waals surface area contributed by atoms with Crippen LogP contribution in [0.5, 0.6) is 0 Å². The van der Waals surface area contributed by atoms with Gasteiger partial charge in [-0.3, -0.25) is 0 Å². The third kappa shape index (κ3) is 1.42. The molecule has 0 saturated carbocycles. The van der Waals surface area contributed by atoms with Crippen LogP contribution in [0.4, 0.5) is 0 Å². The summed E-state index contributed by atoms with van der Waals surface area (Å²) in [6.45, 7) is 6.77. The lowest BCUT2D eigenvalue weighted by atomic mass is 9.78. The summed E-state index contributed by atoms with van der Waals surface area (Å²) in [5, 5.41) is 0. The van der Waals surface area contributed by atoms with Crippen molar-refractivity contribution >= 4 is 10.0 Å². The van der Waals surface area contributed by atoms with Gasteiger partial charge < -0.3 is 0 Å². The Hall–Kier alpha value is -0.0900. The Labute approximate surface area is 68.4 Å². The van der Waals surface area contributed by atoms with Gasteiger partial charge in [0.1, 0.15) is 0 Å². The van der Waals surface area contributed by atoms with Gasteiger partial charge in [0.2, 0.25) is 10.0 Å². The second kappa shape index (κ2) is 2.20. The van der Waals surface area contributed by atoms with Crippen LogP contribution in [0.3, 0.4) is 0 Å². The molecule has 0 aliphatic carbocycles. The molecule has 0 bridgehead atoms.